The summed E-state index contributed by atoms with van der Waals surface area (Å²) in [6.45, 7) is 6.30. The van der Waals surface area contributed by atoms with Crippen LogP contribution < -0.4 is 0 Å². The molecule has 0 radical (unpaired) electrons. The average Bonchev–Trinajstić information content (AvgIpc) is 2.36. The van der Waals surface area contributed by atoms with Crippen LogP contribution in [0.1, 0.15) is 52.9 Å². The van der Waals surface area contributed by atoms with E-state index in [4.69, 9.17) is 0 Å². The quantitative estimate of drug-likeness (QED) is 0.312. The topological polar surface area (TPSA) is 0 Å². The molecule has 0 amide bonds. The predicted molar refractivity (Wildman–Crippen MR) is 83.5 cm³/mol. The summed E-state index contributed by atoms with van der Waals surface area (Å²) in [6, 6.07) is 0. The number of unbranched alkanes of at least 4 members (excludes halogenated alkanes) is 2. The van der Waals surface area contributed by atoms with Gasteiger partial charge in [-0.3, -0.25) is 0 Å². The molecule has 0 saturated carbocycles. The molecule has 0 fully saturated rings. The first kappa shape index (κ1) is 16.3. The summed E-state index contributed by atoms with van der Waals surface area (Å²) in [5.74, 6) is 0. The van der Waals surface area contributed by atoms with Crippen molar-refractivity contribution in [2.45, 2.75) is 52.9 Å². The first-order chi connectivity index (χ1) is 8.24. The van der Waals surface area contributed by atoms with E-state index in [-0.39, 0.29) is 0 Å². The summed E-state index contributed by atoms with van der Waals surface area (Å²) in [4.78, 5) is 1.05. The van der Waals surface area contributed by atoms with Crippen molar-refractivity contribution in [1.82, 2.24) is 0 Å². The lowest BCUT2D eigenvalue weighted by Gasteiger charge is -2.00. The van der Waals surface area contributed by atoms with Gasteiger partial charge in [0.2, 0.25) is 0 Å². The predicted octanol–water partition coefficient (Wildman–Crippen LogP) is 5.85. The van der Waals surface area contributed by atoms with Gasteiger partial charge >= 0.3 is 0 Å². The lowest BCUT2D eigenvalue weighted by atomic mass is 10.1. The van der Waals surface area contributed by atoms with E-state index in [2.05, 4.69) is 56.9 Å². The van der Waals surface area contributed by atoms with Crippen LogP contribution in [0.4, 0.5) is 0 Å². The van der Waals surface area contributed by atoms with Gasteiger partial charge in [0.25, 0.3) is 0 Å². The van der Waals surface area contributed by atoms with Crippen LogP contribution in [0.2, 0.25) is 0 Å². The van der Waals surface area contributed by atoms with Crippen LogP contribution in [0.15, 0.2) is 46.9 Å². The zero-order valence-electron chi connectivity index (χ0n) is 11.4. The highest BCUT2D eigenvalue weighted by molar-refractivity contribution is 7.84. The second kappa shape index (κ2) is 11.8. The Labute approximate surface area is 113 Å². The number of rotatable bonds is 8. The zero-order valence-corrected chi connectivity index (χ0v) is 12.3. The molecule has 0 N–H and O–H groups in total. The second-order valence-corrected chi connectivity index (χ2v) is 4.55. The molecule has 0 saturated heterocycles. The van der Waals surface area contributed by atoms with E-state index < -0.39 is 0 Å². The fraction of sp³-hybridized carbons (Fsp3) is 0.500. The minimum atomic E-state index is 1.05. The van der Waals surface area contributed by atoms with Gasteiger partial charge in [-0.2, -0.15) is 0 Å². The van der Waals surface area contributed by atoms with E-state index in [1.165, 1.54) is 24.8 Å². The minimum absolute atomic E-state index is 1.05. The number of thiol groups is 1. The van der Waals surface area contributed by atoms with E-state index in [9.17, 15) is 0 Å². The van der Waals surface area contributed by atoms with Crippen molar-refractivity contribution in [2.75, 3.05) is 0 Å². The van der Waals surface area contributed by atoms with Gasteiger partial charge in [0.05, 0.1) is 0 Å². The lowest BCUT2D eigenvalue weighted by molar-refractivity contribution is 0.749. The molecule has 0 aliphatic carbocycles. The normalized spacial score (nSPS) is 14.1. The molecule has 0 aliphatic heterocycles. The fourth-order valence-electron chi connectivity index (χ4n) is 1.48. The third-order valence-electron chi connectivity index (χ3n) is 2.61. The Morgan fingerprint density at radius 1 is 1.00 bits per heavy atom. The summed E-state index contributed by atoms with van der Waals surface area (Å²) in [7, 11) is 0. The number of hydrogen-bond acceptors (Lipinski definition) is 1. The highest BCUT2D eigenvalue weighted by Crippen LogP contribution is 2.11. The minimum Gasteiger partial charge on any atom is -0.144 e. The van der Waals surface area contributed by atoms with Gasteiger partial charge in [-0.15, -0.1) is 12.6 Å². The van der Waals surface area contributed by atoms with Crippen LogP contribution in [0.25, 0.3) is 0 Å². The Morgan fingerprint density at radius 3 is 2.35 bits per heavy atom. The molecule has 0 atom stereocenters. The molecular formula is C16H26S. The van der Waals surface area contributed by atoms with Crippen LogP contribution in [0.3, 0.4) is 0 Å². The van der Waals surface area contributed by atoms with Crippen molar-refractivity contribution >= 4 is 12.6 Å². The third-order valence-corrected chi connectivity index (χ3v) is 3.02. The van der Waals surface area contributed by atoms with Crippen molar-refractivity contribution in [3.8, 4) is 0 Å². The maximum atomic E-state index is 4.30. The van der Waals surface area contributed by atoms with Gasteiger partial charge in [0.1, 0.15) is 0 Å². The summed E-state index contributed by atoms with van der Waals surface area (Å²) < 4.78 is 0. The van der Waals surface area contributed by atoms with Crippen LogP contribution in [-0.4, -0.2) is 0 Å². The largest absolute Gasteiger partial charge is 0.144 e. The van der Waals surface area contributed by atoms with Crippen LogP contribution in [0.5, 0.6) is 0 Å². The Kier molecular flexibility index (Phi) is 11.3. The summed E-state index contributed by atoms with van der Waals surface area (Å²) in [5, 5.41) is 0. The van der Waals surface area contributed by atoms with Crippen molar-refractivity contribution < 1.29 is 0 Å². The van der Waals surface area contributed by atoms with Crippen molar-refractivity contribution in [2.24, 2.45) is 0 Å². The molecule has 0 unspecified atom stereocenters. The molecule has 0 aromatic rings. The molecule has 0 spiro atoms. The summed E-state index contributed by atoms with van der Waals surface area (Å²) in [6.07, 6.45) is 19.0. The van der Waals surface area contributed by atoms with Crippen molar-refractivity contribution in [3.63, 3.8) is 0 Å². The number of allylic oxidation sites excluding steroid dienone is 7. The van der Waals surface area contributed by atoms with Crippen LogP contribution in [-0.2, 0) is 0 Å². The van der Waals surface area contributed by atoms with Gasteiger partial charge < -0.3 is 0 Å². The van der Waals surface area contributed by atoms with Crippen LogP contribution >= 0.6 is 12.6 Å². The third kappa shape index (κ3) is 10.2. The monoisotopic (exact) mass is 250 g/mol. The smallest absolute Gasteiger partial charge is 0.000595 e. The van der Waals surface area contributed by atoms with Gasteiger partial charge in [0.15, 0.2) is 0 Å². The zero-order chi connectivity index (χ0) is 12.9. The molecule has 0 aliphatic rings. The second-order valence-electron chi connectivity index (χ2n) is 4.04. The Morgan fingerprint density at radius 2 is 1.76 bits per heavy atom. The lowest BCUT2D eigenvalue weighted by Crippen LogP contribution is -1.80. The van der Waals surface area contributed by atoms with Crippen molar-refractivity contribution in [1.29, 1.82) is 0 Å². The van der Waals surface area contributed by atoms with Gasteiger partial charge in [0, 0.05) is 0 Å². The molecule has 0 aromatic carbocycles. The highest BCUT2D eigenvalue weighted by Gasteiger charge is 1.91. The standard InChI is InChI=1S/C16H26S/c1-4-7-12-15(5-2)13-10-8-9-11-14-16(17)6-3/h5-7,11-12,14,17H,4,8-10,13H2,1-3H3/b12-7-,14-11-,15-5+,16-6+. The van der Waals surface area contributed by atoms with E-state index in [1.54, 1.807) is 0 Å². The molecule has 0 rings (SSSR count). The van der Waals surface area contributed by atoms with Gasteiger partial charge in [-0.05, 0) is 50.9 Å². The fourth-order valence-corrected chi connectivity index (χ4v) is 1.59. The van der Waals surface area contributed by atoms with E-state index >= 15 is 0 Å². The molecule has 0 nitrogen and oxygen atoms in total. The average molecular weight is 250 g/mol. The molecule has 0 aromatic heterocycles. The summed E-state index contributed by atoms with van der Waals surface area (Å²) in [5.41, 5.74) is 1.46. The van der Waals surface area contributed by atoms with Gasteiger partial charge in [-0.1, -0.05) is 49.0 Å². The van der Waals surface area contributed by atoms with E-state index in [0.29, 0.717) is 0 Å². The molecule has 0 heterocycles. The maximum Gasteiger partial charge on any atom is -0.000595 e. The number of hydrogen-bond donors (Lipinski definition) is 1. The Balaban J connectivity index is 3.70. The molecule has 0 bridgehead atoms. The van der Waals surface area contributed by atoms with E-state index in [1.807, 2.05) is 13.0 Å². The maximum absolute atomic E-state index is 4.30. The molecular weight excluding hydrogens is 224 g/mol. The van der Waals surface area contributed by atoms with E-state index in [0.717, 1.165) is 17.7 Å². The van der Waals surface area contributed by atoms with Crippen molar-refractivity contribution in [3.05, 3.63) is 46.9 Å². The first-order valence-electron chi connectivity index (χ1n) is 6.58. The molecule has 17 heavy (non-hydrogen) atoms. The Hall–Kier alpha value is -0.690. The Bertz CT molecular complexity index is 293. The molecule has 96 valence electrons. The first-order valence-corrected chi connectivity index (χ1v) is 7.02. The summed E-state index contributed by atoms with van der Waals surface area (Å²) >= 11 is 4.30. The highest BCUT2D eigenvalue weighted by atomic mass is 32.1. The molecule has 1 heteroatoms. The SMILES string of the molecule is C/C=C(\C=C/CC)CCCC/C=C\C(S)=C/C. The van der Waals surface area contributed by atoms with Crippen LogP contribution in [0, 0.1) is 0 Å². The van der Waals surface area contributed by atoms with Gasteiger partial charge in [-0.25, -0.2) is 0 Å².